The highest BCUT2D eigenvalue weighted by molar-refractivity contribution is 5.78. The minimum Gasteiger partial charge on any atom is -0.354 e. The number of nitrogens with one attached hydrogen (secondary N) is 2. The van der Waals surface area contributed by atoms with E-state index in [0.29, 0.717) is 25.1 Å². The van der Waals surface area contributed by atoms with Crippen molar-refractivity contribution in [3.63, 3.8) is 0 Å². The van der Waals surface area contributed by atoms with Crippen LogP contribution < -0.4 is 10.6 Å². The number of carbonyl (C=O) groups excluding carboxylic acids is 1. The first-order valence-electron chi connectivity index (χ1n) is 8.10. The van der Waals surface area contributed by atoms with Gasteiger partial charge in [-0.05, 0) is 37.8 Å². The Balaban J connectivity index is 1.37. The van der Waals surface area contributed by atoms with Crippen LogP contribution in [0.4, 0.5) is 5.95 Å². The second kappa shape index (κ2) is 7.71. The second-order valence-electron chi connectivity index (χ2n) is 5.83. The maximum atomic E-state index is 12.2. The summed E-state index contributed by atoms with van der Waals surface area (Å²) in [5.41, 5.74) is 0. The summed E-state index contributed by atoms with van der Waals surface area (Å²) in [5, 5.41) is 10.5. The molecule has 0 aromatic carbocycles. The number of nitrogens with zero attached hydrogens (tertiary/aromatic N) is 4. The van der Waals surface area contributed by atoms with E-state index in [9.17, 15) is 4.79 Å². The van der Waals surface area contributed by atoms with Gasteiger partial charge < -0.3 is 10.6 Å². The topological polar surface area (TPSA) is 84.7 Å². The van der Waals surface area contributed by atoms with E-state index in [1.807, 2.05) is 16.9 Å². The normalized spacial score (nSPS) is 20.9. The molecule has 2 N–H and O–H groups in total. The van der Waals surface area contributed by atoms with Crippen molar-refractivity contribution in [3.05, 3.63) is 36.9 Å². The zero-order valence-corrected chi connectivity index (χ0v) is 13.1. The van der Waals surface area contributed by atoms with Crippen molar-refractivity contribution in [2.75, 3.05) is 11.9 Å². The zero-order valence-electron chi connectivity index (χ0n) is 13.1. The van der Waals surface area contributed by atoms with Crippen LogP contribution in [0.1, 0.15) is 25.7 Å². The molecule has 1 amide bonds. The molecule has 122 valence electrons. The number of anilines is 1. The molecule has 1 fully saturated rings. The van der Waals surface area contributed by atoms with Crippen LogP contribution in [0.5, 0.6) is 0 Å². The molecular formula is C16H22N6O. The Bertz CT molecular complexity index is 592. The lowest BCUT2D eigenvalue weighted by Gasteiger charge is -2.28. The molecule has 2 aromatic rings. The summed E-state index contributed by atoms with van der Waals surface area (Å²) in [7, 11) is 0. The molecular weight excluding hydrogens is 292 g/mol. The zero-order chi connectivity index (χ0) is 15.9. The van der Waals surface area contributed by atoms with Gasteiger partial charge >= 0.3 is 0 Å². The molecule has 23 heavy (non-hydrogen) atoms. The third-order valence-electron chi connectivity index (χ3n) is 4.20. The summed E-state index contributed by atoms with van der Waals surface area (Å²) < 4.78 is 1.82. The van der Waals surface area contributed by atoms with Crippen LogP contribution in [-0.2, 0) is 11.3 Å². The van der Waals surface area contributed by atoms with Gasteiger partial charge in [0.15, 0.2) is 0 Å². The molecule has 1 saturated carbocycles. The largest absolute Gasteiger partial charge is 0.354 e. The van der Waals surface area contributed by atoms with Crippen LogP contribution in [0.25, 0.3) is 0 Å². The Hall–Kier alpha value is -2.44. The van der Waals surface area contributed by atoms with Gasteiger partial charge in [-0.25, -0.2) is 9.97 Å². The average molecular weight is 314 g/mol. The summed E-state index contributed by atoms with van der Waals surface area (Å²) in [4.78, 5) is 20.6. The number of aromatic nitrogens is 4. The minimum atomic E-state index is 0.113. The van der Waals surface area contributed by atoms with Gasteiger partial charge in [0.1, 0.15) is 0 Å². The van der Waals surface area contributed by atoms with Crippen molar-refractivity contribution in [2.45, 2.75) is 38.3 Å². The van der Waals surface area contributed by atoms with Crippen LogP contribution >= 0.6 is 0 Å². The molecule has 1 aliphatic carbocycles. The Morgan fingerprint density at radius 2 is 1.91 bits per heavy atom. The van der Waals surface area contributed by atoms with E-state index in [2.05, 4.69) is 25.7 Å². The molecule has 0 saturated heterocycles. The van der Waals surface area contributed by atoms with E-state index in [4.69, 9.17) is 0 Å². The lowest BCUT2D eigenvalue weighted by Crippen LogP contribution is -2.37. The number of hydrogen-bond acceptors (Lipinski definition) is 5. The van der Waals surface area contributed by atoms with E-state index in [0.717, 1.165) is 25.7 Å². The average Bonchev–Trinajstić information content (AvgIpc) is 3.10. The molecule has 1 aliphatic rings. The number of amides is 1. The SMILES string of the molecule is O=C(NCCn1cccn1)C1CCC(Nc2ncccn2)CC1. The number of carbonyl (C=O) groups is 1. The fourth-order valence-electron chi connectivity index (χ4n) is 2.93. The van der Waals surface area contributed by atoms with Crippen molar-refractivity contribution in [2.24, 2.45) is 5.92 Å². The maximum Gasteiger partial charge on any atom is 0.223 e. The Kier molecular flexibility index (Phi) is 5.18. The van der Waals surface area contributed by atoms with Crippen LogP contribution in [0.2, 0.25) is 0 Å². The summed E-state index contributed by atoms with van der Waals surface area (Å²) in [6.07, 6.45) is 10.8. The maximum absolute atomic E-state index is 12.2. The first-order valence-corrected chi connectivity index (χ1v) is 8.10. The summed E-state index contributed by atoms with van der Waals surface area (Å²) in [5.74, 6) is 0.938. The third kappa shape index (κ3) is 4.51. The van der Waals surface area contributed by atoms with Crippen molar-refractivity contribution in [1.29, 1.82) is 0 Å². The first-order chi connectivity index (χ1) is 11.3. The molecule has 7 heteroatoms. The highest BCUT2D eigenvalue weighted by Crippen LogP contribution is 2.25. The fraction of sp³-hybridized carbons (Fsp3) is 0.500. The summed E-state index contributed by atoms with van der Waals surface area (Å²) in [6.45, 7) is 1.33. The van der Waals surface area contributed by atoms with Crippen LogP contribution in [0.15, 0.2) is 36.9 Å². The molecule has 0 atom stereocenters. The Morgan fingerprint density at radius 3 is 2.61 bits per heavy atom. The van der Waals surface area contributed by atoms with Gasteiger partial charge in [-0.1, -0.05) is 0 Å². The van der Waals surface area contributed by atoms with Gasteiger partial charge in [-0.2, -0.15) is 5.10 Å². The molecule has 7 nitrogen and oxygen atoms in total. The van der Waals surface area contributed by atoms with Crippen molar-refractivity contribution in [1.82, 2.24) is 25.1 Å². The quantitative estimate of drug-likeness (QED) is 0.843. The molecule has 3 rings (SSSR count). The van der Waals surface area contributed by atoms with Crippen LogP contribution in [-0.4, -0.2) is 38.2 Å². The highest BCUT2D eigenvalue weighted by Gasteiger charge is 2.26. The van der Waals surface area contributed by atoms with Gasteiger partial charge in [0.2, 0.25) is 11.9 Å². The van der Waals surface area contributed by atoms with Gasteiger partial charge in [0, 0.05) is 43.3 Å². The van der Waals surface area contributed by atoms with Crippen molar-refractivity contribution >= 4 is 11.9 Å². The Morgan fingerprint density at radius 1 is 1.13 bits per heavy atom. The van der Waals surface area contributed by atoms with E-state index >= 15 is 0 Å². The summed E-state index contributed by atoms with van der Waals surface area (Å²) in [6, 6.07) is 4.04. The first kappa shape index (κ1) is 15.5. The standard InChI is InChI=1S/C16H22N6O/c23-15(17-10-12-22-11-2-9-20-22)13-3-5-14(6-4-13)21-16-18-7-1-8-19-16/h1-2,7-9,11,13-14H,3-6,10,12H2,(H,17,23)(H,18,19,21). The smallest absolute Gasteiger partial charge is 0.223 e. The van der Waals surface area contributed by atoms with E-state index < -0.39 is 0 Å². The molecule has 2 heterocycles. The van der Waals surface area contributed by atoms with Gasteiger partial charge in [0.25, 0.3) is 0 Å². The lowest BCUT2D eigenvalue weighted by molar-refractivity contribution is -0.126. The summed E-state index contributed by atoms with van der Waals surface area (Å²) >= 11 is 0. The second-order valence-corrected chi connectivity index (χ2v) is 5.83. The molecule has 0 radical (unpaired) electrons. The van der Waals surface area contributed by atoms with E-state index in [1.165, 1.54) is 0 Å². The predicted molar refractivity (Wildman–Crippen MR) is 86.6 cm³/mol. The van der Waals surface area contributed by atoms with Crippen molar-refractivity contribution in [3.8, 4) is 0 Å². The molecule has 0 unspecified atom stereocenters. The molecule has 0 aliphatic heterocycles. The Labute approximate surface area is 135 Å². The van der Waals surface area contributed by atoms with Gasteiger partial charge in [0.05, 0.1) is 6.54 Å². The lowest BCUT2D eigenvalue weighted by atomic mass is 9.85. The van der Waals surface area contributed by atoms with Crippen molar-refractivity contribution < 1.29 is 4.79 Å². The van der Waals surface area contributed by atoms with E-state index in [-0.39, 0.29) is 11.8 Å². The monoisotopic (exact) mass is 314 g/mol. The van der Waals surface area contributed by atoms with Crippen LogP contribution in [0, 0.1) is 5.92 Å². The fourth-order valence-corrected chi connectivity index (χ4v) is 2.93. The third-order valence-corrected chi connectivity index (χ3v) is 4.20. The molecule has 0 spiro atoms. The number of rotatable bonds is 6. The predicted octanol–water partition coefficient (Wildman–Crippen LogP) is 1.46. The molecule has 0 bridgehead atoms. The number of hydrogen-bond donors (Lipinski definition) is 2. The van der Waals surface area contributed by atoms with Gasteiger partial charge in [-0.15, -0.1) is 0 Å². The highest BCUT2D eigenvalue weighted by atomic mass is 16.1. The molecule has 2 aromatic heterocycles. The van der Waals surface area contributed by atoms with Crippen LogP contribution in [0.3, 0.4) is 0 Å². The minimum absolute atomic E-state index is 0.113. The van der Waals surface area contributed by atoms with Gasteiger partial charge in [-0.3, -0.25) is 9.48 Å². The van der Waals surface area contributed by atoms with E-state index in [1.54, 1.807) is 24.7 Å².